The van der Waals surface area contributed by atoms with E-state index in [0.717, 1.165) is 48.0 Å². The monoisotopic (exact) mass is 353 g/mol. The Kier molecular flexibility index (Phi) is 6.23. The molecular weight excluding hydrogens is 332 g/mol. The van der Waals surface area contributed by atoms with E-state index in [-0.39, 0.29) is 6.10 Å². The number of nitrogens with one attached hydrogen (secondary N) is 2. The lowest BCUT2D eigenvalue weighted by Crippen LogP contribution is -3.15. The van der Waals surface area contributed by atoms with Crippen LogP contribution in [0.3, 0.4) is 0 Å². The minimum Gasteiger partial charge on any atom is -0.386 e. The number of aliphatic hydroxyl groups is 1. The number of hydrogen-bond acceptors (Lipinski definition) is 7. The zero-order valence-corrected chi connectivity index (χ0v) is 14.4. The van der Waals surface area contributed by atoms with Gasteiger partial charge >= 0.3 is 0 Å². The molecule has 3 N–H and O–H groups in total. The maximum atomic E-state index is 10.2. The number of nitrogens with zero attached hydrogens (tertiary/aromatic N) is 2. The van der Waals surface area contributed by atoms with Gasteiger partial charge in [-0.05, 0) is 12.1 Å². The molecule has 2 aromatic rings. The molecule has 1 aromatic carbocycles. The molecule has 2 heterocycles. The number of aliphatic hydroxyl groups excluding tert-OH is 1. The first kappa shape index (κ1) is 16.7. The molecule has 0 radical (unpaired) electrons. The van der Waals surface area contributed by atoms with Gasteiger partial charge in [0.15, 0.2) is 4.34 Å². The van der Waals surface area contributed by atoms with Crippen molar-refractivity contribution in [3.63, 3.8) is 0 Å². The normalized spacial score (nSPS) is 17.1. The molecule has 23 heavy (non-hydrogen) atoms. The van der Waals surface area contributed by atoms with Gasteiger partial charge < -0.3 is 20.1 Å². The van der Waals surface area contributed by atoms with Crippen molar-refractivity contribution in [3.8, 4) is 0 Å². The molecule has 124 valence electrons. The van der Waals surface area contributed by atoms with Crippen LogP contribution < -0.4 is 10.2 Å². The SMILES string of the molecule is O[C@@H](CSc1nnc(Nc2ccccc2)s1)C[NH+]1CCOCC1. The topological polar surface area (TPSA) is 71.7 Å². The Morgan fingerprint density at radius 1 is 1.26 bits per heavy atom. The minimum absolute atomic E-state index is 0.331. The summed E-state index contributed by atoms with van der Waals surface area (Å²) in [7, 11) is 0. The van der Waals surface area contributed by atoms with Crippen LogP contribution in [0.5, 0.6) is 0 Å². The Labute approximate surface area is 143 Å². The number of rotatable bonds is 7. The zero-order valence-electron chi connectivity index (χ0n) is 12.8. The van der Waals surface area contributed by atoms with Crippen LogP contribution in [-0.2, 0) is 4.74 Å². The second-order valence-electron chi connectivity index (χ2n) is 5.40. The van der Waals surface area contributed by atoms with Crippen LogP contribution in [0.1, 0.15) is 0 Å². The first-order chi connectivity index (χ1) is 11.3. The lowest BCUT2D eigenvalue weighted by Gasteiger charge is -2.25. The summed E-state index contributed by atoms with van der Waals surface area (Å²) in [6.45, 7) is 4.31. The van der Waals surface area contributed by atoms with Gasteiger partial charge in [-0.15, -0.1) is 10.2 Å². The Morgan fingerprint density at radius 3 is 2.83 bits per heavy atom. The van der Waals surface area contributed by atoms with Crippen molar-refractivity contribution >= 4 is 33.9 Å². The fraction of sp³-hybridized carbons (Fsp3) is 0.467. The van der Waals surface area contributed by atoms with Gasteiger partial charge in [-0.2, -0.15) is 0 Å². The number of thioether (sulfide) groups is 1. The van der Waals surface area contributed by atoms with Crippen molar-refractivity contribution in [2.45, 2.75) is 10.4 Å². The fourth-order valence-corrected chi connectivity index (χ4v) is 4.11. The highest BCUT2D eigenvalue weighted by Gasteiger charge is 2.19. The number of morpholine rings is 1. The van der Waals surface area contributed by atoms with E-state index in [1.165, 1.54) is 16.2 Å². The average molecular weight is 353 g/mol. The van der Waals surface area contributed by atoms with E-state index >= 15 is 0 Å². The van der Waals surface area contributed by atoms with Gasteiger partial charge in [-0.1, -0.05) is 41.3 Å². The van der Waals surface area contributed by atoms with Crippen LogP contribution in [0.15, 0.2) is 34.7 Å². The molecule has 0 saturated carbocycles. The number of benzene rings is 1. The Morgan fingerprint density at radius 2 is 2.04 bits per heavy atom. The maximum Gasteiger partial charge on any atom is 0.210 e. The van der Waals surface area contributed by atoms with Crippen molar-refractivity contribution in [1.29, 1.82) is 0 Å². The van der Waals surface area contributed by atoms with Crippen LogP contribution >= 0.6 is 23.1 Å². The zero-order chi connectivity index (χ0) is 15.9. The first-order valence-electron chi connectivity index (χ1n) is 7.67. The molecule has 0 amide bonds. The number of hydrogen-bond donors (Lipinski definition) is 3. The molecule has 0 unspecified atom stereocenters. The predicted octanol–water partition coefficient (Wildman–Crippen LogP) is 0.650. The van der Waals surface area contributed by atoms with Crippen molar-refractivity contribution in [2.24, 2.45) is 0 Å². The summed E-state index contributed by atoms with van der Waals surface area (Å²) in [5.74, 6) is 0.643. The van der Waals surface area contributed by atoms with Crippen LogP contribution in [0.25, 0.3) is 0 Å². The number of para-hydroxylation sites is 1. The van der Waals surface area contributed by atoms with Crippen molar-refractivity contribution in [1.82, 2.24) is 10.2 Å². The van der Waals surface area contributed by atoms with Crippen LogP contribution in [0.2, 0.25) is 0 Å². The average Bonchev–Trinajstić information content (AvgIpc) is 3.02. The lowest BCUT2D eigenvalue weighted by molar-refractivity contribution is -0.910. The molecule has 1 aliphatic heterocycles. The van der Waals surface area contributed by atoms with Crippen LogP contribution in [-0.4, -0.2) is 60.0 Å². The predicted molar refractivity (Wildman–Crippen MR) is 92.7 cm³/mol. The summed E-state index contributed by atoms with van der Waals surface area (Å²) in [5, 5.41) is 22.5. The van der Waals surface area contributed by atoms with Crippen molar-refractivity contribution in [2.75, 3.05) is 43.9 Å². The Bertz CT molecular complexity index is 590. The van der Waals surface area contributed by atoms with Gasteiger partial charge in [-0.25, -0.2) is 0 Å². The van der Waals surface area contributed by atoms with Crippen LogP contribution in [0.4, 0.5) is 10.8 Å². The highest BCUT2D eigenvalue weighted by atomic mass is 32.2. The molecule has 1 saturated heterocycles. The minimum atomic E-state index is -0.331. The number of anilines is 2. The summed E-state index contributed by atoms with van der Waals surface area (Å²) in [6, 6.07) is 9.91. The quantitative estimate of drug-likeness (QED) is 0.635. The van der Waals surface area contributed by atoms with E-state index in [1.807, 2.05) is 30.3 Å². The molecule has 1 atom stereocenters. The molecule has 8 heteroatoms. The molecule has 6 nitrogen and oxygen atoms in total. The Balaban J connectivity index is 1.43. The summed E-state index contributed by atoms with van der Waals surface area (Å²) in [6.07, 6.45) is -0.331. The second-order valence-corrected chi connectivity index (χ2v) is 7.64. The summed E-state index contributed by atoms with van der Waals surface area (Å²) < 4.78 is 6.21. The number of quaternary nitrogens is 1. The molecule has 3 rings (SSSR count). The highest BCUT2D eigenvalue weighted by molar-refractivity contribution is 8.01. The summed E-state index contributed by atoms with van der Waals surface area (Å²) in [5.41, 5.74) is 0.996. The largest absolute Gasteiger partial charge is 0.386 e. The van der Waals surface area contributed by atoms with E-state index in [0.29, 0.717) is 5.75 Å². The van der Waals surface area contributed by atoms with E-state index in [9.17, 15) is 5.11 Å². The third-order valence-electron chi connectivity index (χ3n) is 3.55. The molecule has 1 aromatic heterocycles. The molecule has 1 aliphatic rings. The maximum absolute atomic E-state index is 10.2. The van der Waals surface area contributed by atoms with Gasteiger partial charge in [-0.3, -0.25) is 0 Å². The van der Waals surface area contributed by atoms with E-state index in [1.54, 1.807) is 11.8 Å². The van der Waals surface area contributed by atoms with E-state index < -0.39 is 0 Å². The second kappa shape index (κ2) is 8.60. The number of ether oxygens (including phenoxy) is 1. The Hall–Kier alpha value is -1.19. The van der Waals surface area contributed by atoms with Crippen molar-refractivity contribution in [3.05, 3.63) is 30.3 Å². The fourth-order valence-electron chi connectivity index (χ4n) is 2.39. The van der Waals surface area contributed by atoms with Gasteiger partial charge in [0.1, 0.15) is 25.7 Å². The van der Waals surface area contributed by atoms with Gasteiger partial charge in [0.05, 0.1) is 13.2 Å². The third kappa shape index (κ3) is 5.43. The van der Waals surface area contributed by atoms with Crippen LogP contribution in [0, 0.1) is 0 Å². The molecule has 0 aliphatic carbocycles. The standard InChI is InChI=1S/C15H20N4O2S2/c20-13(10-19-6-8-21-9-7-19)11-22-15-18-17-14(23-15)16-12-4-2-1-3-5-12/h1-5,13,20H,6-11H2,(H,16,17)/p+1/t13-/m1/s1. The molecule has 0 spiro atoms. The van der Waals surface area contributed by atoms with Gasteiger partial charge in [0.2, 0.25) is 5.13 Å². The molecular formula is C15H21N4O2S2+. The first-order valence-corrected chi connectivity index (χ1v) is 9.47. The molecule has 1 fully saturated rings. The summed E-state index contributed by atoms with van der Waals surface area (Å²) in [4.78, 5) is 1.41. The number of aromatic nitrogens is 2. The smallest absolute Gasteiger partial charge is 0.210 e. The lowest BCUT2D eigenvalue weighted by atomic mass is 10.3. The molecule has 0 bridgehead atoms. The third-order valence-corrected chi connectivity index (χ3v) is 5.67. The summed E-state index contributed by atoms with van der Waals surface area (Å²) >= 11 is 3.07. The van der Waals surface area contributed by atoms with Crippen molar-refractivity contribution < 1.29 is 14.7 Å². The van der Waals surface area contributed by atoms with Gasteiger partial charge in [0.25, 0.3) is 0 Å². The van der Waals surface area contributed by atoms with E-state index in [4.69, 9.17) is 4.74 Å². The van der Waals surface area contributed by atoms with Gasteiger partial charge in [0, 0.05) is 11.4 Å². The highest BCUT2D eigenvalue weighted by Crippen LogP contribution is 2.27. The van der Waals surface area contributed by atoms with E-state index in [2.05, 4.69) is 15.5 Å².